The molecule has 128 valence electrons. The van der Waals surface area contributed by atoms with Crippen molar-refractivity contribution < 1.29 is 27.5 Å². The SMILES string of the molecule is O=C(Cc1ccc(F)cc1)NCC(O)c1ccccc1C(F)(F)F. The van der Waals surface area contributed by atoms with Crippen molar-refractivity contribution in [2.75, 3.05) is 6.54 Å². The molecule has 0 fully saturated rings. The number of carbonyl (C=O) groups excluding carboxylic acids is 1. The third-order valence-electron chi connectivity index (χ3n) is 3.40. The summed E-state index contributed by atoms with van der Waals surface area (Å²) < 4.78 is 51.5. The van der Waals surface area contributed by atoms with Crippen LogP contribution < -0.4 is 5.32 Å². The second-order valence-electron chi connectivity index (χ2n) is 5.21. The number of aliphatic hydroxyl groups is 1. The molecular formula is C17H15F4NO2. The van der Waals surface area contributed by atoms with Crippen LogP contribution in [0.1, 0.15) is 22.8 Å². The molecule has 1 atom stereocenters. The van der Waals surface area contributed by atoms with E-state index >= 15 is 0 Å². The highest BCUT2D eigenvalue weighted by atomic mass is 19.4. The van der Waals surface area contributed by atoms with Gasteiger partial charge in [0.05, 0.1) is 18.1 Å². The molecule has 3 nitrogen and oxygen atoms in total. The van der Waals surface area contributed by atoms with E-state index in [4.69, 9.17) is 0 Å². The van der Waals surface area contributed by atoms with Crippen molar-refractivity contribution in [1.82, 2.24) is 5.32 Å². The van der Waals surface area contributed by atoms with E-state index in [2.05, 4.69) is 5.32 Å². The van der Waals surface area contributed by atoms with E-state index in [0.717, 1.165) is 6.07 Å². The van der Waals surface area contributed by atoms with Crippen LogP contribution in [0, 0.1) is 5.82 Å². The van der Waals surface area contributed by atoms with Gasteiger partial charge in [-0.3, -0.25) is 4.79 Å². The predicted molar refractivity (Wildman–Crippen MR) is 79.5 cm³/mol. The lowest BCUT2D eigenvalue weighted by Gasteiger charge is -2.18. The van der Waals surface area contributed by atoms with Crippen LogP contribution in [0.15, 0.2) is 48.5 Å². The number of aliphatic hydroxyl groups excluding tert-OH is 1. The van der Waals surface area contributed by atoms with Crippen LogP contribution in [-0.4, -0.2) is 17.6 Å². The average Bonchev–Trinajstić information content (AvgIpc) is 2.54. The molecule has 0 aliphatic rings. The minimum absolute atomic E-state index is 0.0616. The summed E-state index contributed by atoms with van der Waals surface area (Å²) >= 11 is 0. The van der Waals surface area contributed by atoms with Crippen LogP contribution >= 0.6 is 0 Å². The summed E-state index contributed by atoms with van der Waals surface area (Å²) in [7, 11) is 0. The number of hydrogen-bond donors (Lipinski definition) is 2. The second-order valence-corrected chi connectivity index (χ2v) is 5.21. The highest BCUT2D eigenvalue weighted by Gasteiger charge is 2.34. The lowest BCUT2D eigenvalue weighted by Crippen LogP contribution is -2.30. The summed E-state index contributed by atoms with van der Waals surface area (Å²) in [5.74, 6) is -0.913. The first kappa shape index (κ1) is 17.9. The smallest absolute Gasteiger partial charge is 0.387 e. The third-order valence-corrected chi connectivity index (χ3v) is 3.40. The summed E-state index contributed by atoms with van der Waals surface area (Å²) in [6.45, 7) is -0.354. The zero-order chi connectivity index (χ0) is 17.7. The lowest BCUT2D eigenvalue weighted by molar-refractivity contribution is -0.139. The normalized spacial score (nSPS) is 12.7. The Morgan fingerprint density at radius 2 is 1.71 bits per heavy atom. The van der Waals surface area contributed by atoms with Gasteiger partial charge in [-0.05, 0) is 29.3 Å². The molecule has 0 saturated carbocycles. The highest BCUT2D eigenvalue weighted by Crippen LogP contribution is 2.34. The molecule has 0 spiro atoms. The van der Waals surface area contributed by atoms with Crippen LogP contribution in [0.3, 0.4) is 0 Å². The topological polar surface area (TPSA) is 49.3 Å². The molecule has 0 bridgehead atoms. The van der Waals surface area contributed by atoms with Gasteiger partial charge in [-0.1, -0.05) is 30.3 Å². The number of rotatable bonds is 5. The zero-order valence-electron chi connectivity index (χ0n) is 12.5. The number of carbonyl (C=O) groups is 1. The number of benzene rings is 2. The summed E-state index contributed by atoms with van der Waals surface area (Å²) in [6.07, 6.45) is -6.14. The minimum atomic E-state index is -4.59. The lowest BCUT2D eigenvalue weighted by atomic mass is 10.0. The third kappa shape index (κ3) is 4.79. The molecule has 0 aliphatic heterocycles. The van der Waals surface area contributed by atoms with Crippen molar-refractivity contribution >= 4 is 5.91 Å². The van der Waals surface area contributed by atoms with Crippen LogP contribution in [0.25, 0.3) is 0 Å². The number of amides is 1. The van der Waals surface area contributed by atoms with Gasteiger partial charge in [0.1, 0.15) is 5.82 Å². The van der Waals surface area contributed by atoms with Crippen molar-refractivity contribution in [3.63, 3.8) is 0 Å². The van der Waals surface area contributed by atoms with Gasteiger partial charge < -0.3 is 10.4 Å². The first-order chi connectivity index (χ1) is 11.3. The van der Waals surface area contributed by atoms with Crippen LogP contribution in [0.2, 0.25) is 0 Å². The van der Waals surface area contributed by atoms with E-state index < -0.39 is 29.6 Å². The molecule has 0 radical (unpaired) electrons. The van der Waals surface area contributed by atoms with E-state index in [-0.39, 0.29) is 18.5 Å². The Labute approximate surface area is 135 Å². The van der Waals surface area contributed by atoms with E-state index in [1.165, 1.54) is 42.5 Å². The van der Waals surface area contributed by atoms with Crippen molar-refractivity contribution in [1.29, 1.82) is 0 Å². The van der Waals surface area contributed by atoms with E-state index in [9.17, 15) is 27.5 Å². The highest BCUT2D eigenvalue weighted by molar-refractivity contribution is 5.78. The van der Waals surface area contributed by atoms with Gasteiger partial charge in [0, 0.05) is 6.54 Å². The number of hydrogen-bond acceptors (Lipinski definition) is 2. The van der Waals surface area contributed by atoms with Gasteiger partial charge in [0.2, 0.25) is 5.91 Å². The Kier molecular flexibility index (Phi) is 5.56. The van der Waals surface area contributed by atoms with Crippen LogP contribution in [0.5, 0.6) is 0 Å². The van der Waals surface area contributed by atoms with E-state index in [1.807, 2.05) is 0 Å². The fourth-order valence-electron chi connectivity index (χ4n) is 2.22. The fourth-order valence-corrected chi connectivity index (χ4v) is 2.22. The fraction of sp³-hybridized carbons (Fsp3) is 0.235. The van der Waals surface area contributed by atoms with Crippen molar-refractivity contribution in [3.05, 3.63) is 71.0 Å². The maximum absolute atomic E-state index is 12.9. The Bertz CT molecular complexity index is 698. The first-order valence-corrected chi connectivity index (χ1v) is 7.12. The van der Waals surface area contributed by atoms with E-state index in [1.54, 1.807) is 0 Å². The van der Waals surface area contributed by atoms with Gasteiger partial charge >= 0.3 is 6.18 Å². The van der Waals surface area contributed by atoms with Gasteiger partial charge in [0.15, 0.2) is 0 Å². The predicted octanol–water partition coefficient (Wildman–Crippen LogP) is 3.24. The average molecular weight is 341 g/mol. The standard InChI is InChI=1S/C17H15F4NO2/c18-12-7-5-11(6-8-12)9-16(24)22-10-15(23)13-3-1-2-4-14(13)17(19,20)21/h1-8,15,23H,9-10H2,(H,22,24). The molecule has 0 aliphatic carbocycles. The number of alkyl halides is 3. The van der Waals surface area contributed by atoms with Crippen LogP contribution in [-0.2, 0) is 17.4 Å². The molecule has 0 saturated heterocycles. The van der Waals surface area contributed by atoms with Gasteiger partial charge in [-0.25, -0.2) is 4.39 Å². The summed E-state index contributed by atoms with van der Waals surface area (Å²) in [5, 5.41) is 12.3. The van der Waals surface area contributed by atoms with Gasteiger partial charge in [-0.2, -0.15) is 13.2 Å². The van der Waals surface area contributed by atoms with Crippen molar-refractivity contribution in [2.45, 2.75) is 18.7 Å². The Hall–Kier alpha value is -2.41. The van der Waals surface area contributed by atoms with E-state index in [0.29, 0.717) is 5.56 Å². The summed E-state index contributed by atoms with van der Waals surface area (Å²) in [5.41, 5.74) is -0.684. The Morgan fingerprint density at radius 1 is 1.08 bits per heavy atom. The molecule has 7 heteroatoms. The molecule has 0 aromatic heterocycles. The Morgan fingerprint density at radius 3 is 2.33 bits per heavy atom. The summed E-state index contributed by atoms with van der Waals surface area (Å²) in [6, 6.07) is 9.93. The zero-order valence-corrected chi connectivity index (χ0v) is 12.5. The minimum Gasteiger partial charge on any atom is -0.387 e. The van der Waals surface area contributed by atoms with Gasteiger partial charge in [-0.15, -0.1) is 0 Å². The number of nitrogens with one attached hydrogen (secondary N) is 1. The largest absolute Gasteiger partial charge is 0.416 e. The molecule has 1 unspecified atom stereocenters. The maximum Gasteiger partial charge on any atom is 0.416 e. The molecule has 0 heterocycles. The molecule has 24 heavy (non-hydrogen) atoms. The molecule has 2 aromatic carbocycles. The van der Waals surface area contributed by atoms with Crippen LogP contribution in [0.4, 0.5) is 17.6 Å². The Balaban J connectivity index is 1.97. The molecule has 2 rings (SSSR count). The monoisotopic (exact) mass is 341 g/mol. The molecule has 2 aromatic rings. The summed E-state index contributed by atoms with van der Waals surface area (Å²) in [4.78, 5) is 11.8. The first-order valence-electron chi connectivity index (χ1n) is 7.12. The van der Waals surface area contributed by atoms with Crippen molar-refractivity contribution in [2.24, 2.45) is 0 Å². The molecule has 1 amide bonds. The molecular weight excluding hydrogens is 326 g/mol. The molecule has 2 N–H and O–H groups in total. The quantitative estimate of drug-likeness (QED) is 0.821. The maximum atomic E-state index is 12.9. The second kappa shape index (κ2) is 7.44. The van der Waals surface area contributed by atoms with Crippen molar-refractivity contribution in [3.8, 4) is 0 Å². The number of halogens is 4. The van der Waals surface area contributed by atoms with Gasteiger partial charge in [0.25, 0.3) is 0 Å².